The van der Waals surface area contributed by atoms with E-state index in [1.807, 2.05) is 19.0 Å². The third-order valence-corrected chi connectivity index (χ3v) is 6.05. The molecule has 2 aromatic rings. The molecule has 0 bridgehead atoms. The van der Waals surface area contributed by atoms with Crippen LogP contribution >= 0.6 is 0 Å². The summed E-state index contributed by atoms with van der Waals surface area (Å²) in [4.78, 5) is 41.4. The van der Waals surface area contributed by atoms with Crippen LogP contribution in [0.25, 0.3) is 0 Å². The van der Waals surface area contributed by atoms with Crippen molar-refractivity contribution in [2.24, 2.45) is 14.1 Å². The van der Waals surface area contributed by atoms with Crippen LogP contribution in [0.1, 0.15) is 12.8 Å². The number of anilines is 3. The SMILES string of the molecule is CN(C)c1cc([N+](=O)[O-])ccc1NCCCN1CCCN(c2cc(=O)n(C)c(=O)n2C)CC1. The third kappa shape index (κ3) is 5.72. The lowest BCUT2D eigenvalue weighted by molar-refractivity contribution is -0.384. The van der Waals surface area contributed by atoms with Gasteiger partial charge in [0.1, 0.15) is 5.82 Å². The molecule has 2 heterocycles. The average molecular weight is 460 g/mol. The molecule has 1 aromatic carbocycles. The van der Waals surface area contributed by atoms with Gasteiger partial charge in [0, 0.05) is 72.6 Å². The number of hydrogen-bond donors (Lipinski definition) is 1. The van der Waals surface area contributed by atoms with Crippen LogP contribution in [0.5, 0.6) is 0 Å². The van der Waals surface area contributed by atoms with Crippen LogP contribution in [-0.4, -0.2) is 72.3 Å². The Morgan fingerprint density at radius 3 is 2.52 bits per heavy atom. The van der Waals surface area contributed by atoms with Crippen LogP contribution in [0.3, 0.4) is 0 Å². The maximum atomic E-state index is 12.3. The number of non-ortho nitro benzene ring substituents is 1. The quantitative estimate of drug-likeness (QED) is 0.355. The standard InChI is InChI=1S/C22H33N7O4/c1-24(2)19-15-17(29(32)33)7-8-18(19)23-9-5-10-27-11-6-12-28(14-13-27)20-16-21(30)26(4)22(31)25(20)3/h7-8,15-16,23H,5-6,9-14H2,1-4H3. The van der Waals surface area contributed by atoms with E-state index in [0.29, 0.717) is 5.82 Å². The Kier molecular flexibility index (Phi) is 7.75. The fraction of sp³-hybridized carbons (Fsp3) is 0.545. The van der Waals surface area contributed by atoms with E-state index in [-0.39, 0.29) is 21.9 Å². The van der Waals surface area contributed by atoms with Crippen molar-refractivity contribution in [3.05, 3.63) is 55.2 Å². The molecule has 11 nitrogen and oxygen atoms in total. The van der Waals surface area contributed by atoms with E-state index >= 15 is 0 Å². The molecule has 180 valence electrons. The van der Waals surface area contributed by atoms with Crippen LogP contribution in [0, 0.1) is 10.1 Å². The number of nitrogens with one attached hydrogen (secondary N) is 1. The fourth-order valence-electron chi connectivity index (χ4n) is 4.13. The second kappa shape index (κ2) is 10.5. The second-order valence-corrected chi connectivity index (χ2v) is 8.56. The molecule has 0 spiro atoms. The lowest BCUT2D eigenvalue weighted by Crippen LogP contribution is -2.41. The van der Waals surface area contributed by atoms with Crippen molar-refractivity contribution in [2.45, 2.75) is 12.8 Å². The van der Waals surface area contributed by atoms with Gasteiger partial charge in [0.05, 0.1) is 16.3 Å². The zero-order chi connectivity index (χ0) is 24.1. The first kappa shape index (κ1) is 24.3. The van der Waals surface area contributed by atoms with Crippen molar-refractivity contribution in [3.63, 3.8) is 0 Å². The lowest BCUT2D eigenvalue weighted by Gasteiger charge is -2.25. The molecule has 0 atom stereocenters. The summed E-state index contributed by atoms with van der Waals surface area (Å²) < 4.78 is 2.65. The topological polar surface area (TPSA) is 109 Å². The van der Waals surface area contributed by atoms with E-state index in [9.17, 15) is 19.7 Å². The number of nitrogens with zero attached hydrogens (tertiary/aromatic N) is 6. The van der Waals surface area contributed by atoms with Gasteiger partial charge in [-0.2, -0.15) is 0 Å². The minimum absolute atomic E-state index is 0.0761. The zero-order valence-electron chi connectivity index (χ0n) is 19.8. The van der Waals surface area contributed by atoms with Gasteiger partial charge in [-0.3, -0.25) is 24.0 Å². The third-order valence-electron chi connectivity index (χ3n) is 6.05. The second-order valence-electron chi connectivity index (χ2n) is 8.56. The van der Waals surface area contributed by atoms with Gasteiger partial charge in [0.15, 0.2) is 0 Å². The van der Waals surface area contributed by atoms with Crippen molar-refractivity contribution in [2.75, 3.05) is 68.5 Å². The summed E-state index contributed by atoms with van der Waals surface area (Å²) in [5.41, 5.74) is 1.14. The number of hydrogen-bond acceptors (Lipinski definition) is 8. The summed E-state index contributed by atoms with van der Waals surface area (Å²) in [6, 6.07) is 6.39. The van der Waals surface area contributed by atoms with Crippen molar-refractivity contribution < 1.29 is 4.92 Å². The predicted molar refractivity (Wildman–Crippen MR) is 131 cm³/mol. The average Bonchev–Trinajstić information content (AvgIpc) is 3.03. The minimum atomic E-state index is -0.384. The van der Waals surface area contributed by atoms with Crippen LogP contribution in [0.4, 0.5) is 22.9 Å². The Labute approximate surface area is 193 Å². The van der Waals surface area contributed by atoms with Crippen molar-refractivity contribution in [1.29, 1.82) is 0 Å². The van der Waals surface area contributed by atoms with E-state index < -0.39 is 0 Å². The molecular weight excluding hydrogens is 426 g/mol. The molecule has 0 unspecified atom stereocenters. The zero-order valence-corrected chi connectivity index (χ0v) is 19.8. The summed E-state index contributed by atoms with van der Waals surface area (Å²) in [6.45, 7) is 5.02. The molecule has 0 saturated carbocycles. The summed E-state index contributed by atoms with van der Waals surface area (Å²) in [5, 5.41) is 14.5. The highest BCUT2D eigenvalue weighted by Crippen LogP contribution is 2.29. The molecule has 1 N–H and O–H groups in total. The summed E-state index contributed by atoms with van der Waals surface area (Å²) in [7, 11) is 6.92. The van der Waals surface area contributed by atoms with E-state index in [0.717, 1.165) is 68.1 Å². The Morgan fingerprint density at radius 2 is 1.82 bits per heavy atom. The molecule has 11 heteroatoms. The molecule has 1 aliphatic heterocycles. The molecule has 0 radical (unpaired) electrons. The first-order valence-electron chi connectivity index (χ1n) is 11.1. The highest BCUT2D eigenvalue weighted by molar-refractivity contribution is 5.72. The van der Waals surface area contributed by atoms with Crippen molar-refractivity contribution >= 4 is 22.9 Å². The summed E-state index contributed by atoms with van der Waals surface area (Å²) in [5.74, 6) is 0.668. The Balaban J connectivity index is 1.54. The van der Waals surface area contributed by atoms with Crippen molar-refractivity contribution in [3.8, 4) is 0 Å². The fourth-order valence-corrected chi connectivity index (χ4v) is 4.13. The highest BCUT2D eigenvalue weighted by atomic mass is 16.6. The predicted octanol–water partition coefficient (Wildman–Crippen LogP) is 1.07. The molecular formula is C22H33N7O4. The molecule has 1 saturated heterocycles. The molecule has 1 aromatic heterocycles. The lowest BCUT2D eigenvalue weighted by atomic mass is 10.2. The van der Waals surface area contributed by atoms with Gasteiger partial charge in [0.2, 0.25) is 0 Å². The van der Waals surface area contributed by atoms with Crippen LogP contribution in [-0.2, 0) is 14.1 Å². The summed E-state index contributed by atoms with van der Waals surface area (Å²) in [6.07, 6.45) is 1.87. The molecule has 33 heavy (non-hydrogen) atoms. The number of aromatic nitrogens is 2. The van der Waals surface area contributed by atoms with Gasteiger partial charge >= 0.3 is 5.69 Å². The van der Waals surface area contributed by atoms with Crippen LogP contribution in [0.15, 0.2) is 33.9 Å². The molecule has 1 fully saturated rings. The summed E-state index contributed by atoms with van der Waals surface area (Å²) >= 11 is 0. The van der Waals surface area contributed by atoms with E-state index in [4.69, 9.17) is 0 Å². The Morgan fingerprint density at radius 1 is 1.06 bits per heavy atom. The first-order valence-corrected chi connectivity index (χ1v) is 11.1. The van der Waals surface area contributed by atoms with Gasteiger partial charge in [-0.05, 0) is 32.0 Å². The number of benzene rings is 1. The number of rotatable bonds is 8. The minimum Gasteiger partial charge on any atom is -0.383 e. The highest BCUT2D eigenvalue weighted by Gasteiger charge is 2.18. The molecule has 1 aliphatic rings. The number of nitro groups is 1. The van der Waals surface area contributed by atoms with E-state index in [2.05, 4.69) is 15.1 Å². The monoisotopic (exact) mass is 459 g/mol. The molecule has 0 amide bonds. The van der Waals surface area contributed by atoms with E-state index in [1.54, 1.807) is 19.2 Å². The van der Waals surface area contributed by atoms with Gasteiger partial charge < -0.3 is 20.0 Å². The molecule has 0 aliphatic carbocycles. The van der Waals surface area contributed by atoms with Gasteiger partial charge in [0.25, 0.3) is 11.2 Å². The largest absolute Gasteiger partial charge is 0.383 e. The number of nitro benzene ring substituents is 1. The molecule has 3 rings (SSSR count). The normalized spacial score (nSPS) is 14.7. The van der Waals surface area contributed by atoms with Gasteiger partial charge in [-0.25, -0.2) is 4.79 Å². The van der Waals surface area contributed by atoms with Crippen LogP contribution in [0.2, 0.25) is 0 Å². The van der Waals surface area contributed by atoms with Crippen molar-refractivity contribution in [1.82, 2.24) is 14.0 Å². The van der Waals surface area contributed by atoms with Crippen LogP contribution < -0.4 is 26.4 Å². The maximum Gasteiger partial charge on any atom is 0.332 e. The van der Waals surface area contributed by atoms with Gasteiger partial charge in [-0.15, -0.1) is 0 Å². The van der Waals surface area contributed by atoms with Gasteiger partial charge in [-0.1, -0.05) is 0 Å². The first-order chi connectivity index (χ1) is 15.7. The maximum absolute atomic E-state index is 12.3. The van der Waals surface area contributed by atoms with E-state index in [1.165, 1.54) is 23.7 Å². The Hall–Kier alpha value is -3.34. The smallest absolute Gasteiger partial charge is 0.332 e. The Bertz CT molecular complexity index is 1110.